The van der Waals surface area contributed by atoms with Crippen LogP contribution in [0.5, 0.6) is 0 Å². The first kappa shape index (κ1) is 10.9. The molecule has 0 radical (unpaired) electrons. The highest BCUT2D eigenvalue weighted by Crippen LogP contribution is 2.34. The fraction of sp³-hybridized carbons (Fsp3) is 0.714. The van der Waals surface area contributed by atoms with Gasteiger partial charge in [-0.25, -0.2) is 0 Å². The summed E-state index contributed by atoms with van der Waals surface area (Å²) in [5.74, 6) is 1.60. The summed E-state index contributed by atoms with van der Waals surface area (Å²) < 4.78 is 0. The van der Waals surface area contributed by atoms with Gasteiger partial charge >= 0.3 is 0 Å². The minimum atomic E-state index is 0.459. The molecule has 0 aromatic carbocycles. The summed E-state index contributed by atoms with van der Waals surface area (Å²) in [4.78, 5) is 0. The lowest BCUT2D eigenvalue weighted by atomic mass is 9.84. The van der Waals surface area contributed by atoms with Crippen molar-refractivity contribution in [2.24, 2.45) is 17.6 Å². The van der Waals surface area contributed by atoms with Crippen molar-refractivity contribution in [3.05, 3.63) is 23.3 Å². The Balaban J connectivity index is 1.78. The molecule has 84 valence electrons. The molecule has 1 fully saturated rings. The highest BCUT2D eigenvalue weighted by molar-refractivity contribution is 5.21. The summed E-state index contributed by atoms with van der Waals surface area (Å²) in [5, 5.41) is 0. The summed E-state index contributed by atoms with van der Waals surface area (Å²) in [6.45, 7) is 4.61. The van der Waals surface area contributed by atoms with Gasteiger partial charge in [0.25, 0.3) is 0 Å². The van der Waals surface area contributed by atoms with E-state index in [1.54, 1.807) is 11.1 Å². The van der Waals surface area contributed by atoms with Gasteiger partial charge in [0, 0.05) is 6.04 Å². The zero-order valence-electron chi connectivity index (χ0n) is 10.00. The van der Waals surface area contributed by atoms with Crippen LogP contribution in [0.3, 0.4) is 0 Å². The fourth-order valence-electron chi connectivity index (χ4n) is 2.72. The lowest BCUT2D eigenvalue weighted by Gasteiger charge is -2.26. The Morgan fingerprint density at radius 3 is 2.73 bits per heavy atom. The average molecular weight is 205 g/mol. The standard InChI is InChI=1S/C14H23N/c1-10(2)5-11-3-4-12(6-11)7-13-8-14(15)9-13/h3,7,10,12,14H,4-6,8-9,15H2,1-2H3. The number of rotatable bonds is 3. The third kappa shape index (κ3) is 2.94. The molecule has 1 unspecified atom stereocenters. The van der Waals surface area contributed by atoms with E-state index in [1.807, 2.05) is 0 Å². The van der Waals surface area contributed by atoms with Crippen LogP contribution in [-0.2, 0) is 0 Å². The second-order valence-electron chi connectivity index (χ2n) is 5.65. The lowest BCUT2D eigenvalue weighted by molar-refractivity contribution is 0.526. The number of hydrogen-bond acceptors (Lipinski definition) is 1. The Labute approximate surface area is 93.4 Å². The molecule has 2 rings (SSSR count). The molecule has 15 heavy (non-hydrogen) atoms. The molecular formula is C14H23N. The SMILES string of the molecule is CC(C)CC1=CCC(C=C2CC(N)C2)C1. The van der Waals surface area contributed by atoms with Crippen molar-refractivity contribution in [3.8, 4) is 0 Å². The van der Waals surface area contributed by atoms with Gasteiger partial charge in [0.2, 0.25) is 0 Å². The van der Waals surface area contributed by atoms with Crippen LogP contribution in [0.2, 0.25) is 0 Å². The van der Waals surface area contributed by atoms with Crippen LogP contribution in [0, 0.1) is 11.8 Å². The molecule has 2 N–H and O–H groups in total. The molecular weight excluding hydrogens is 182 g/mol. The third-order valence-corrected chi connectivity index (χ3v) is 3.42. The van der Waals surface area contributed by atoms with E-state index in [1.165, 1.54) is 19.3 Å². The molecule has 0 heterocycles. The van der Waals surface area contributed by atoms with Crippen molar-refractivity contribution >= 4 is 0 Å². The second kappa shape index (κ2) is 4.52. The van der Waals surface area contributed by atoms with E-state index in [0.717, 1.165) is 24.7 Å². The number of nitrogens with two attached hydrogens (primary N) is 1. The van der Waals surface area contributed by atoms with E-state index in [2.05, 4.69) is 26.0 Å². The predicted molar refractivity (Wildman–Crippen MR) is 65.6 cm³/mol. The van der Waals surface area contributed by atoms with Gasteiger partial charge in [0.05, 0.1) is 0 Å². The van der Waals surface area contributed by atoms with E-state index >= 15 is 0 Å². The topological polar surface area (TPSA) is 26.0 Å². The highest BCUT2D eigenvalue weighted by atomic mass is 14.7. The van der Waals surface area contributed by atoms with Crippen molar-refractivity contribution in [3.63, 3.8) is 0 Å². The molecule has 1 atom stereocenters. The van der Waals surface area contributed by atoms with Gasteiger partial charge in [0.15, 0.2) is 0 Å². The van der Waals surface area contributed by atoms with Crippen molar-refractivity contribution in [2.45, 2.75) is 52.0 Å². The molecule has 0 bridgehead atoms. The Hall–Kier alpha value is -0.560. The van der Waals surface area contributed by atoms with Gasteiger partial charge < -0.3 is 5.73 Å². The molecule has 2 aliphatic carbocycles. The van der Waals surface area contributed by atoms with E-state index in [-0.39, 0.29) is 0 Å². The molecule has 0 aromatic heterocycles. The van der Waals surface area contributed by atoms with Crippen molar-refractivity contribution in [1.82, 2.24) is 0 Å². The third-order valence-electron chi connectivity index (χ3n) is 3.42. The zero-order chi connectivity index (χ0) is 10.8. The van der Waals surface area contributed by atoms with Gasteiger partial charge in [-0.2, -0.15) is 0 Å². The molecule has 0 amide bonds. The van der Waals surface area contributed by atoms with E-state index in [9.17, 15) is 0 Å². The van der Waals surface area contributed by atoms with Crippen LogP contribution in [0.15, 0.2) is 23.3 Å². The van der Waals surface area contributed by atoms with Gasteiger partial charge in [-0.3, -0.25) is 0 Å². The van der Waals surface area contributed by atoms with Crippen LogP contribution < -0.4 is 5.73 Å². The summed E-state index contributed by atoms with van der Waals surface area (Å²) >= 11 is 0. The van der Waals surface area contributed by atoms with Gasteiger partial charge in [-0.1, -0.05) is 37.1 Å². The second-order valence-corrected chi connectivity index (χ2v) is 5.65. The Kier molecular flexibility index (Phi) is 3.30. The van der Waals surface area contributed by atoms with Crippen LogP contribution in [0.25, 0.3) is 0 Å². The van der Waals surface area contributed by atoms with Crippen molar-refractivity contribution in [2.75, 3.05) is 0 Å². The summed E-state index contributed by atoms with van der Waals surface area (Å²) in [6.07, 6.45) is 11.1. The van der Waals surface area contributed by atoms with Crippen LogP contribution in [-0.4, -0.2) is 6.04 Å². The number of hydrogen-bond donors (Lipinski definition) is 1. The largest absolute Gasteiger partial charge is 0.327 e. The molecule has 2 aliphatic rings. The molecule has 0 aromatic rings. The minimum absolute atomic E-state index is 0.459. The van der Waals surface area contributed by atoms with Crippen LogP contribution in [0.1, 0.15) is 46.0 Å². The van der Waals surface area contributed by atoms with Crippen LogP contribution >= 0.6 is 0 Å². The maximum atomic E-state index is 5.78. The molecule has 0 aliphatic heterocycles. The Bertz CT molecular complexity index is 278. The molecule has 1 heteroatoms. The summed E-state index contributed by atoms with van der Waals surface area (Å²) in [5.41, 5.74) is 9.06. The fourth-order valence-corrected chi connectivity index (χ4v) is 2.72. The molecule has 0 spiro atoms. The van der Waals surface area contributed by atoms with Gasteiger partial charge in [-0.05, 0) is 43.9 Å². The monoisotopic (exact) mass is 205 g/mol. The maximum absolute atomic E-state index is 5.78. The first-order valence-electron chi connectivity index (χ1n) is 6.26. The number of allylic oxidation sites excluding steroid dienone is 3. The molecule has 0 saturated heterocycles. The van der Waals surface area contributed by atoms with E-state index in [4.69, 9.17) is 5.73 Å². The molecule has 1 nitrogen and oxygen atoms in total. The predicted octanol–water partition coefficient (Wildman–Crippen LogP) is 3.42. The summed E-state index contributed by atoms with van der Waals surface area (Å²) in [6, 6.07) is 0.459. The zero-order valence-corrected chi connectivity index (χ0v) is 10.00. The molecule has 1 saturated carbocycles. The average Bonchev–Trinajstić information content (AvgIpc) is 2.48. The maximum Gasteiger partial charge on any atom is 0.0113 e. The van der Waals surface area contributed by atoms with Crippen molar-refractivity contribution in [1.29, 1.82) is 0 Å². The smallest absolute Gasteiger partial charge is 0.0113 e. The first-order valence-corrected chi connectivity index (χ1v) is 6.26. The first-order chi connectivity index (χ1) is 7.13. The lowest BCUT2D eigenvalue weighted by Crippen LogP contribution is -2.30. The summed E-state index contributed by atoms with van der Waals surface area (Å²) in [7, 11) is 0. The van der Waals surface area contributed by atoms with E-state index < -0.39 is 0 Å². The minimum Gasteiger partial charge on any atom is -0.327 e. The Morgan fingerprint density at radius 2 is 2.13 bits per heavy atom. The quantitative estimate of drug-likeness (QED) is 0.702. The van der Waals surface area contributed by atoms with Crippen LogP contribution in [0.4, 0.5) is 0 Å². The normalized spacial score (nSPS) is 30.4. The van der Waals surface area contributed by atoms with Gasteiger partial charge in [-0.15, -0.1) is 0 Å². The van der Waals surface area contributed by atoms with E-state index in [0.29, 0.717) is 6.04 Å². The van der Waals surface area contributed by atoms with Gasteiger partial charge in [0.1, 0.15) is 0 Å². The highest BCUT2D eigenvalue weighted by Gasteiger charge is 2.22. The van der Waals surface area contributed by atoms with Crippen molar-refractivity contribution < 1.29 is 0 Å². The Morgan fingerprint density at radius 1 is 1.40 bits per heavy atom.